The molecule has 0 spiro atoms. The Balaban J connectivity index is 2.72. The molecule has 1 rings (SSSR count). The molecule has 0 aliphatic rings. The van der Waals surface area contributed by atoms with Gasteiger partial charge in [-0.2, -0.15) is 0 Å². The summed E-state index contributed by atoms with van der Waals surface area (Å²) in [6.45, 7) is 3.30. The van der Waals surface area contributed by atoms with E-state index in [1.165, 1.54) is 18.4 Å². The molecule has 15 heavy (non-hydrogen) atoms. The first-order chi connectivity index (χ1) is 7.31. The lowest BCUT2D eigenvalue weighted by atomic mass is 9.93. The fourth-order valence-corrected chi connectivity index (χ4v) is 1.82. The molecule has 0 bridgehead atoms. The maximum Gasteiger partial charge on any atom is 0.119 e. The zero-order valence-electron chi connectivity index (χ0n) is 9.92. The summed E-state index contributed by atoms with van der Waals surface area (Å²) in [5.41, 5.74) is 1.38. The Morgan fingerprint density at radius 1 is 1.40 bits per heavy atom. The van der Waals surface area contributed by atoms with Crippen molar-refractivity contribution in [3.63, 3.8) is 0 Å². The minimum atomic E-state index is 0.632. The summed E-state index contributed by atoms with van der Waals surface area (Å²) in [4.78, 5) is 0. The van der Waals surface area contributed by atoms with Gasteiger partial charge in [0, 0.05) is 0 Å². The molecular formula is C13H21NO. The largest absolute Gasteiger partial charge is 0.497 e. The number of nitrogens with one attached hydrogen (secondary N) is 1. The van der Waals surface area contributed by atoms with Crippen LogP contribution in [0, 0.1) is 0 Å². The normalized spacial score (nSPS) is 12.5. The second-order valence-corrected chi connectivity index (χ2v) is 3.77. The van der Waals surface area contributed by atoms with Crippen LogP contribution >= 0.6 is 0 Å². The van der Waals surface area contributed by atoms with E-state index in [0.717, 1.165) is 12.3 Å². The van der Waals surface area contributed by atoms with Gasteiger partial charge in [-0.05, 0) is 50.0 Å². The van der Waals surface area contributed by atoms with Crippen LogP contribution in [-0.4, -0.2) is 20.7 Å². The molecule has 84 valence electrons. The number of methoxy groups -OCH3 is 1. The molecule has 0 saturated carbocycles. The molecular weight excluding hydrogens is 186 g/mol. The van der Waals surface area contributed by atoms with Gasteiger partial charge in [-0.3, -0.25) is 0 Å². The second-order valence-electron chi connectivity index (χ2n) is 3.77. The molecule has 0 fully saturated rings. The zero-order valence-corrected chi connectivity index (χ0v) is 9.92. The van der Waals surface area contributed by atoms with Crippen molar-refractivity contribution in [2.24, 2.45) is 0 Å². The molecule has 0 aliphatic heterocycles. The van der Waals surface area contributed by atoms with Crippen molar-refractivity contribution in [1.29, 1.82) is 0 Å². The molecule has 1 aromatic carbocycles. The van der Waals surface area contributed by atoms with Crippen LogP contribution in [0.15, 0.2) is 24.3 Å². The highest BCUT2D eigenvalue weighted by Gasteiger charge is 2.09. The SMILES string of the molecule is CCC(CCNC)c1cccc(OC)c1. The monoisotopic (exact) mass is 207 g/mol. The van der Waals surface area contributed by atoms with E-state index < -0.39 is 0 Å². The summed E-state index contributed by atoms with van der Waals surface area (Å²) in [5.74, 6) is 1.59. The van der Waals surface area contributed by atoms with Crippen molar-refractivity contribution >= 4 is 0 Å². The van der Waals surface area contributed by atoms with Crippen LogP contribution < -0.4 is 10.1 Å². The van der Waals surface area contributed by atoms with Crippen LogP contribution in [0.2, 0.25) is 0 Å². The molecule has 0 aromatic heterocycles. The Labute approximate surface area is 92.6 Å². The van der Waals surface area contributed by atoms with Crippen molar-refractivity contribution in [2.45, 2.75) is 25.7 Å². The summed E-state index contributed by atoms with van der Waals surface area (Å²) < 4.78 is 5.24. The first kappa shape index (κ1) is 12.1. The molecule has 0 amide bonds. The molecule has 1 atom stereocenters. The third kappa shape index (κ3) is 3.56. The van der Waals surface area contributed by atoms with Gasteiger partial charge in [0.1, 0.15) is 5.75 Å². The quantitative estimate of drug-likeness (QED) is 0.774. The van der Waals surface area contributed by atoms with Gasteiger partial charge in [0.2, 0.25) is 0 Å². The summed E-state index contributed by atoms with van der Waals surface area (Å²) in [5, 5.41) is 3.20. The standard InChI is InChI=1S/C13H21NO/c1-4-11(8-9-14-2)12-6-5-7-13(10-12)15-3/h5-7,10-11,14H,4,8-9H2,1-3H3. The number of ether oxygens (including phenoxy) is 1. The Hall–Kier alpha value is -1.02. The summed E-state index contributed by atoms with van der Waals surface area (Å²) in [7, 11) is 3.71. The van der Waals surface area contributed by atoms with E-state index in [1.54, 1.807) is 7.11 Å². The van der Waals surface area contributed by atoms with Gasteiger partial charge in [0.15, 0.2) is 0 Å². The molecule has 1 unspecified atom stereocenters. The topological polar surface area (TPSA) is 21.3 Å². The molecule has 1 N–H and O–H groups in total. The van der Waals surface area contributed by atoms with E-state index in [0.29, 0.717) is 5.92 Å². The number of benzene rings is 1. The van der Waals surface area contributed by atoms with Crippen molar-refractivity contribution in [3.05, 3.63) is 29.8 Å². The van der Waals surface area contributed by atoms with E-state index >= 15 is 0 Å². The minimum absolute atomic E-state index is 0.632. The first-order valence-electron chi connectivity index (χ1n) is 5.60. The summed E-state index contributed by atoms with van der Waals surface area (Å²) >= 11 is 0. The number of rotatable bonds is 6. The maximum absolute atomic E-state index is 5.24. The smallest absolute Gasteiger partial charge is 0.119 e. The molecule has 0 aliphatic carbocycles. The van der Waals surface area contributed by atoms with Crippen LogP contribution in [0.5, 0.6) is 5.75 Å². The van der Waals surface area contributed by atoms with Crippen LogP contribution in [0.4, 0.5) is 0 Å². The van der Waals surface area contributed by atoms with Gasteiger partial charge in [-0.15, -0.1) is 0 Å². The molecule has 0 radical (unpaired) electrons. The van der Waals surface area contributed by atoms with Gasteiger partial charge in [-0.1, -0.05) is 19.1 Å². The van der Waals surface area contributed by atoms with E-state index in [2.05, 4.69) is 30.4 Å². The molecule has 1 aromatic rings. The highest BCUT2D eigenvalue weighted by Crippen LogP contribution is 2.25. The predicted molar refractivity (Wildman–Crippen MR) is 64.6 cm³/mol. The second kappa shape index (κ2) is 6.46. The Bertz CT molecular complexity index is 286. The molecule has 2 nitrogen and oxygen atoms in total. The zero-order chi connectivity index (χ0) is 11.1. The van der Waals surface area contributed by atoms with Gasteiger partial charge in [0.25, 0.3) is 0 Å². The Morgan fingerprint density at radius 3 is 2.80 bits per heavy atom. The van der Waals surface area contributed by atoms with E-state index in [-0.39, 0.29) is 0 Å². The highest BCUT2D eigenvalue weighted by atomic mass is 16.5. The van der Waals surface area contributed by atoms with Crippen molar-refractivity contribution in [1.82, 2.24) is 5.32 Å². The molecule has 0 heterocycles. The Morgan fingerprint density at radius 2 is 2.20 bits per heavy atom. The first-order valence-corrected chi connectivity index (χ1v) is 5.60. The molecule has 2 heteroatoms. The maximum atomic E-state index is 5.24. The third-order valence-corrected chi connectivity index (χ3v) is 2.80. The lowest BCUT2D eigenvalue weighted by Gasteiger charge is -2.15. The van der Waals surface area contributed by atoms with Crippen LogP contribution in [0.25, 0.3) is 0 Å². The van der Waals surface area contributed by atoms with Crippen molar-refractivity contribution in [3.8, 4) is 5.75 Å². The van der Waals surface area contributed by atoms with Crippen molar-refractivity contribution < 1.29 is 4.74 Å². The van der Waals surface area contributed by atoms with Gasteiger partial charge < -0.3 is 10.1 Å². The van der Waals surface area contributed by atoms with Crippen LogP contribution in [-0.2, 0) is 0 Å². The Kier molecular flexibility index (Phi) is 5.19. The number of hydrogen-bond acceptors (Lipinski definition) is 2. The fraction of sp³-hybridized carbons (Fsp3) is 0.538. The van der Waals surface area contributed by atoms with Gasteiger partial charge in [0.05, 0.1) is 7.11 Å². The summed E-state index contributed by atoms with van der Waals surface area (Å²) in [6.07, 6.45) is 2.36. The van der Waals surface area contributed by atoms with Gasteiger partial charge in [-0.25, -0.2) is 0 Å². The lowest BCUT2D eigenvalue weighted by Crippen LogP contribution is -2.11. The average Bonchev–Trinajstić information content (AvgIpc) is 2.30. The van der Waals surface area contributed by atoms with Crippen LogP contribution in [0.3, 0.4) is 0 Å². The molecule has 0 saturated heterocycles. The average molecular weight is 207 g/mol. The van der Waals surface area contributed by atoms with Gasteiger partial charge >= 0.3 is 0 Å². The van der Waals surface area contributed by atoms with Crippen molar-refractivity contribution in [2.75, 3.05) is 20.7 Å². The minimum Gasteiger partial charge on any atom is -0.497 e. The lowest BCUT2D eigenvalue weighted by molar-refractivity contribution is 0.413. The van der Waals surface area contributed by atoms with Crippen LogP contribution in [0.1, 0.15) is 31.2 Å². The van der Waals surface area contributed by atoms with E-state index in [4.69, 9.17) is 4.74 Å². The summed E-state index contributed by atoms with van der Waals surface area (Å²) in [6, 6.07) is 8.39. The van der Waals surface area contributed by atoms with E-state index in [1.807, 2.05) is 13.1 Å². The van der Waals surface area contributed by atoms with E-state index in [9.17, 15) is 0 Å². The fourth-order valence-electron chi connectivity index (χ4n) is 1.82. The number of hydrogen-bond donors (Lipinski definition) is 1. The highest BCUT2D eigenvalue weighted by molar-refractivity contribution is 5.30. The predicted octanol–water partition coefficient (Wildman–Crippen LogP) is 2.80. The third-order valence-electron chi connectivity index (χ3n) is 2.80.